The van der Waals surface area contributed by atoms with E-state index in [2.05, 4.69) is 0 Å². The quantitative estimate of drug-likeness (QED) is 0.533. The average Bonchev–Trinajstić information content (AvgIpc) is 2.56. The summed E-state index contributed by atoms with van der Waals surface area (Å²) in [6, 6.07) is 0. The van der Waals surface area contributed by atoms with Gasteiger partial charge in [0.1, 0.15) is 6.29 Å². The van der Waals surface area contributed by atoms with Crippen LogP contribution in [0.1, 0.15) is 32.1 Å². The van der Waals surface area contributed by atoms with Gasteiger partial charge in [0.25, 0.3) is 0 Å². The van der Waals surface area contributed by atoms with Crippen LogP contribution in [-0.2, 0) is 4.79 Å². The minimum atomic E-state index is 0.461. The Balaban J connectivity index is 1.84. The van der Waals surface area contributed by atoms with Crippen molar-refractivity contribution in [3.8, 4) is 0 Å². The summed E-state index contributed by atoms with van der Waals surface area (Å²) in [7, 11) is 0. The minimum Gasteiger partial charge on any atom is -0.303 e. The molecule has 0 spiro atoms. The lowest BCUT2D eigenvalue weighted by molar-refractivity contribution is -0.109. The minimum absolute atomic E-state index is 0.461. The first-order chi connectivity index (χ1) is 4.92. The molecule has 0 N–H and O–H groups in total. The van der Waals surface area contributed by atoms with Crippen LogP contribution >= 0.6 is 0 Å². The molecule has 2 rings (SSSR count). The standard InChI is InChI=1S/C9H14O/c10-6-8-5-9(8)7-3-1-2-4-7/h6-9H,1-5H2/t8-,9+/m0/s1. The second kappa shape index (κ2) is 2.37. The normalized spacial score (nSPS) is 40.0. The first-order valence-corrected chi connectivity index (χ1v) is 4.37. The first-order valence-electron chi connectivity index (χ1n) is 4.37. The van der Waals surface area contributed by atoms with E-state index in [0.717, 1.165) is 18.1 Å². The third kappa shape index (κ3) is 0.979. The monoisotopic (exact) mass is 138 g/mol. The number of aldehydes is 1. The van der Waals surface area contributed by atoms with E-state index >= 15 is 0 Å². The van der Waals surface area contributed by atoms with E-state index in [9.17, 15) is 4.79 Å². The van der Waals surface area contributed by atoms with Crippen molar-refractivity contribution < 1.29 is 4.79 Å². The summed E-state index contributed by atoms with van der Waals surface area (Å²) in [6.45, 7) is 0. The Hall–Kier alpha value is -0.330. The van der Waals surface area contributed by atoms with E-state index in [1.165, 1.54) is 32.1 Å². The molecule has 1 nitrogen and oxygen atoms in total. The fourth-order valence-electron chi connectivity index (χ4n) is 2.32. The molecule has 2 saturated carbocycles. The third-order valence-electron chi connectivity index (χ3n) is 3.07. The summed E-state index contributed by atoms with van der Waals surface area (Å²) < 4.78 is 0. The molecule has 56 valence electrons. The molecule has 0 unspecified atom stereocenters. The molecular formula is C9H14O. The predicted molar refractivity (Wildman–Crippen MR) is 39.6 cm³/mol. The maximum absolute atomic E-state index is 10.3. The highest BCUT2D eigenvalue weighted by molar-refractivity contribution is 5.58. The number of hydrogen-bond donors (Lipinski definition) is 0. The van der Waals surface area contributed by atoms with Crippen molar-refractivity contribution in [2.24, 2.45) is 17.8 Å². The Morgan fingerprint density at radius 1 is 1.20 bits per heavy atom. The third-order valence-corrected chi connectivity index (χ3v) is 3.07. The zero-order valence-electron chi connectivity index (χ0n) is 6.25. The summed E-state index contributed by atoms with van der Waals surface area (Å²) in [6.07, 6.45) is 7.97. The van der Waals surface area contributed by atoms with E-state index in [1.807, 2.05) is 0 Å². The number of rotatable bonds is 2. The van der Waals surface area contributed by atoms with Gasteiger partial charge in [0.2, 0.25) is 0 Å². The Morgan fingerprint density at radius 3 is 2.40 bits per heavy atom. The van der Waals surface area contributed by atoms with Crippen molar-refractivity contribution in [1.82, 2.24) is 0 Å². The summed E-state index contributed by atoms with van der Waals surface area (Å²) >= 11 is 0. The Labute approximate surface area is 61.8 Å². The van der Waals surface area contributed by atoms with Crippen LogP contribution in [0.5, 0.6) is 0 Å². The highest BCUT2D eigenvalue weighted by Crippen LogP contribution is 2.48. The van der Waals surface area contributed by atoms with Crippen molar-refractivity contribution in [1.29, 1.82) is 0 Å². The molecule has 0 aromatic heterocycles. The van der Waals surface area contributed by atoms with Gasteiger partial charge in [-0.15, -0.1) is 0 Å². The van der Waals surface area contributed by atoms with Gasteiger partial charge in [-0.05, 0) is 18.3 Å². The van der Waals surface area contributed by atoms with Crippen LogP contribution in [-0.4, -0.2) is 6.29 Å². The van der Waals surface area contributed by atoms with Gasteiger partial charge >= 0.3 is 0 Å². The first kappa shape index (κ1) is 6.38. The van der Waals surface area contributed by atoms with Crippen molar-refractivity contribution in [3.63, 3.8) is 0 Å². The van der Waals surface area contributed by atoms with Crippen LogP contribution in [0.15, 0.2) is 0 Å². The molecule has 2 aliphatic rings. The topological polar surface area (TPSA) is 17.1 Å². The molecule has 0 bridgehead atoms. The Bertz CT molecular complexity index is 136. The van der Waals surface area contributed by atoms with E-state index in [4.69, 9.17) is 0 Å². The molecule has 1 heteroatoms. The van der Waals surface area contributed by atoms with Gasteiger partial charge < -0.3 is 4.79 Å². The molecule has 0 aromatic rings. The van der Waals surface area contributed by atoms with E-state index in [-0.39, 0.29) is 0 Å². The van der Waals surface area contributed by atoms with Crippen molar-refractivity contribution in [2.45, 2.75) is 32.1 Å². The number of carbonyl (C=O) groups excluding carboxylic acids is 1. The smallest absolute Gasteiger partial charge is 0.123 e. The summed E-state index contributed by atoms with van der Waals surface area (Å²) in [5.74, 6) is 2.19. The van der Waals surface area contributed by atoms with Gasteiger partial charge in [-0.1, -0.05) is 25.7 Å². The molecule has 2 fully saturated rings. The van der Waals surface area contributed by atoms with E-state index in [1.54, 1.807) is 0 Å². The van der Waals surface area contributed by atoms with Crippen LogP contribution in [0.4, 0.5) is 0 Å². The van der Waals surface area contributed by atoms with E-state index < -0.39 is 0 Å². The van der Waals surface area contributed by atoms with Gasteiger partial charge in [0.05, 0.1) is 0 Å². The molecular weight excluding hydrogens is 124 g/mol. The Morgan fingerprint density at radius 2 is 1.90 bits per heavy atom. The highest BCUT2D eigenvalue weighted by Gasteiger charge is 2.43. The van der Waals surface area contributed by atoms with Gasteiger partial charge in [-0.2, -0.15) is 0 Å². The molecule has 0 radical (unpaired) electrons. The lowest BCUT2D eigenvalue weighted by Crippen LogP contribution is -1.98. The fraction of sp³-hybridized carbons (Fsp3) is 0.889. The second-order valence-corrected chi connectivity index (χ2v) is 3.74. The summed E-state index contributed by atoms with van der Waals surface area (Å²) in [5, 5.41) is 0. The van der Waals surface area contributed by atoms with Gasteiger partial charge in [-0.3, -0.25) is 0 Å². The van der Waals surface area contributed by atoms with Crippen LogP contribution in [0.2, 0.25) is 0 Å². The zero-order valence-corrected chi connectivity index (χ0v) is 6.25. The number of carbonyl (C=O) groups is 1. The molecule has 10 heavy (non-hydrogen) atoms. The van der Waals surface area contributed by atoms with Gasteiger partial charge in [-0.25, -0.2) is 0 Å². The lowest BCUT2D eigenvalue weighted by atomic mass is 10.0. The molecule has 2 atom stereocenters. The van der Waals surface area contributed by atoms with Crippen molar-refractivity contribution in [3.05, 3.63) is 0 Å². The lowest BCUT2D eigenvalue weighted by Gasteiger charge is -2.04. The predicted octanol–water partition coefficient (Wildman–Crippen LogP) is 2.01. The molecule has 0 amide bonds. The zero-order chi connectivity index (χ0) is 6.97. The van der Waals surface area contributed by atoms with Crippen molar-refractivity contribution >= 4 is 6.29 Å². The average molecular weight is 138 g/mol. The molecule has 0 saturated heterocycles. The second-order valence-electron chi connectivity index (χ2n) is 3.74. The van der Waals surface area contributed by atoms with Gasteiger partial charge in [0.15, 0.2) is 0 Å². The largest absolute Gasteiger partial charge is 0.303 e. The maximum atomic E-state index is 10.3. The molecule has 0 heterocycles. The summed E-state index contributed by atoms with van der Waals surface area (Å²) in [5.41, 5.74) is 0. The van der Waals surface area contributed by atoms with Crippen molar-refractivity contribution in [2.75, 3.05) is 0 Å². The molecule has 0 aliphatic heterocycles. The van der Waals surface area contributed by atoms with Crippen LogP contribution < -0.4 is 0 Å². The SMILES string of the molecule is O=C[C@@H]1C[C@@H]1C1CCCC1. The highest BCUT2D eigenvalue weighted by atomic mass is 16.1. The van der Waals surface area contributed by atoms with E-state index in [0.29, 0.717) is 5.92 Å². The van der Waals surface area contributed by atoms with Gasteiger partial charge in [0, 0.05) is 5.92 Å². The maximum Gasteiger partial charge on any atom is 0.123 e. The Kier molecular flexibility index (Phi) is 1.51. The van der Waals surface area contributed by atoms with Crippen LogP contribution in [0.3, 0.4) is 0 Å². The van der Waals surface area contributed by atoms with Crippen LogP contribution in [0, 0.1) is 17.8 Å². The molecule has 2 aliphatic carbocycles. The number of hydrogen-bond acceptors (Lipinski definition) is 1. The fourth-order valence-corrected chi connectivity index (χ4v) is 2.32. The summed E-state index contributed by atoms with van der Waals surface area (Å²) in [4.78, 5) is 10.3. The van der Waals surface area contributed by atoms with Crippen LogP contribution in [0.25, 0.3) is 0 Å². The molecule has 0 aromatic carbocycles.